The molecule has 0 aliphatic rings. The van der Waals surface area contributed by atoms with E-state index in [0.29, 0.717) is 11.6 Å². The van der Waals surface area contributed by atoms with Crippen molar-refractivity contribution in [3.63, 3.8) is 0 Å². The van der Waals surface area contributed by atoms with Gasteiger partial charge in [0.25, 0.3) is 0 Å². The van der Waals surface area contributed by atoms with Crippen LogP contribution in [0.1, 0.15) is 11.4 Å². The van der Waals surface area contributed by atoms with E-state index in [1.165, 1.54) is 12.1 Å². The Balaban J connectivity index is 2.20. The predicted molar refractivity (Wildman–Crippen MR) is 81.5 cm³/mol. The molecule has 7 nitrogen and oxygen atoms in total. The van der Waals surface area contributed by atoms with Crippen molar-refractivity contribution in [2.24, 2.45) is 0 Å². The lowest BCUT2D eigenvalue weighted by Crippen LogP contribution is -2.25. The molecule has 8 heteroatoms. The first-order valence-corrected chi connectivity index (χ1v) is 7.90. The van der Waals surface area contributed by atoms with Crippen LogP contribution in [0.5, 0.6) is 0 Å². The van der Waals surface area contributed by atoms with Crippen LogP contribution in [-0.2, 0) is 16.6 Å². The van der Waals surface area contributed by atoms with Crippen LogP contribution in [0.4, 0.5) is 5.82 Å². The molecule has 2 aromatic rings. The van der Waals surface area contributed by atoms with Gasteiger partial charge in [-0.05, 0) is 18.2 Å². The van der Waals surface area contributed by atoms with Crippen molar-refractivity contribution in [2.75, 3.05) is 19.0 Å². The number of nitrogens with zero attached hydrogens (tertiary/aromatic N) is 4. The third-order valence-corrected chi connectivity index (χ3v) is 4.33. The number of sulfonamides is 1. The first-order chi connectivity index (χ1) is 10.4. The molecule has 1 aromatic heterocycles. The first-order valence-electron chi connectivity index (χ1n) is 6.42. The van der Waals surface area contributed by atoms with Crippen LogP contribution in [0, 0.1) is 11.3 Å². The van der Waals surface area contributed by atoms with Crippen LogP contribution in [0.15, 0.2) is 41.4 Å². The highest BCUT2D eigenvalue weighted by Crippen LogP contribution is 2.14. The molecule has 114 valence electrons. The number of hydrogen-bond acceptors (Lipinski definition) is 6. The minimum absolute atomic E-state index is 0.0518. The van der Waals surface area contributed by atoms with Crippen molar-refractivity contribution < 1.29 is 8.42 Å². The number of nitriles is 1. The lowest BCUT2D eigenvalue weighted by Gasteiger charge is -2.12. The van der Waals surface area contributed by atoms with Gasteiger partial charge < -0.3 is 4.90 Å². The van der Waals surface area contributed by atoms with Gasteiger partial charge in [0.05, 0.1) is 17.0 Å². The standard InChI is InChI=1S/C14H15N5O2S/c1-19(2)14-7-8-16-13(18-14)10-17-22(20,21)12-6-4-3-5-11(12)9-15/h3-8,17H,10H2,1-2H3. The zero-order valence-electron chi connectivity index (χ0n) is 12.2. The number of nitrogens with one attached hydrogen (secondary N) is 1. The second-order valence-corrected chi connectivity index (χ2v) is 6.39. The lowest BCUT2D eigenvalue weighted by atomic mass is 10.2. The van der Waals surface area contributed by atoms with Gasteiger partial charge in [-0.1, -0.05) is 12.1 Å². The van der Waals surface area contributed by atoms with Gasteiger partial charge in [-0.3, -0.25) is 0 Å². The molecular formula is C14H15N5O2S. The zero-order chi connectivity index (χ0) is 16.2. The smallest absolute Gasteiger partial charge is 0.242 e. The maximum absolute atomic E-state index is 12.3. The van der Waals surface area contributed by atoms with Crippen LogP contribution in [-0.4, -0.2) is 32.5 Å². The van der Waals surface area contributed by atoms with E-state index in [2.05, 4.69) is 14.7 Å². The van der Waals surface area contributed by atoms with E-state index in [1.807, 2.05) is 20.2 Å². The second kappa shape index (κ2) is 6.51. The fourth-order valence-electron chi connectivity index (χ4n) is 1.75. The average Bonchev–Trinajstić information content (AvgIpc) is 2.53. The van der Waals surface area contributed by atoms with E-state index >= 15 is 0 Å². The normalized spacial score (nSPS) is 11.0. The number of rotatable bonds is 5. The van der Waals surface area contributed by atoms with E-state index in [1.54, 1.807) is 29.3 Å². The molecule has 0 fully saturated rings. The number of anilines is 1. The molecule has 0 spiro atoms. The fraction of sp³-hybridized carbons (Fsp3) is 0.214. The molecular weight excluding hydrogens is 302 g/mol. The highest BCUT2D eigenvalue weighted by Gasteiger charge is 2.18. The van der Waals surface area contributed by atoms with E-state index < -0.39 is 10.0 Å². The Kier molecular flexibility index (Phi) is 4.70. The van der Waals surface area contributed by atoms with E-state index in [-0.39, 0.29) is 17.0 Å². The second-order valence-electron chi connectivity index (χ2n) is 4.66. The summed E-state index contributed by atoms with van der Waals surface area (Å²) in [4.78, 5) is 10.0. The third-order valence-electron chi connectivity index (χ3n) is 2.87. The van der Waals surface area contributed by atoms with Gasteiger partial charge in [0.2, 0.25) is 10.0 Å². The highest BCUT2D eigenvalue weighted by molar-refractivity contribution is 7.89. The van der Waals surface area contributed by atoms with Gasteiger partial charge in [-0.25, -0.2) is 23.1 Å². The molecule has 1 aromatic carbocycles. The Morgan fingerprint density at radius 2 is 2.00 bits per heavy atom. The molecule has 0 saturated heterocycles. The molecule has 0 bridgehead atoms. The quantitative estimate of drug-likeness (QED) is 0.879. The van der Waals surface area contributed by atoms with E-state index in [0.717, 1.165) is 0 Å². The summed E-state index contributed by atoms with van der Waals surface area (Å²) in [6.07, 6.45) is 1.56. The number of benzene rings is 1. The van der Waals surface area contributed by atoms with Gasteiger partial charge in [0.15, 0.2) is 0 Å². The Bertz CT molecular complexity index is 812. The summed E-state index contributed by atoms with van der Waals surface area (Å²) < 4.78 is 27.0. The Morgan fingerprint density at radius 3 is 2.68 bits per heavy atom. The molecule has 0 radical (unpaired) electrons. The van der Waals surface area contributed by atoms with E-state index in [4.69, 9.17) is 5.26 Å². The van der Waals surface area contributed by atoms with Crippen LogP contribution in [0.3, 0.4) is 0 Å². The van der Waals surface area contributed by atoms with Gasteiger partial charge in [-0.15, -0.1) is 0 Å². The summed E-state index contributed by atoms with van der Waals surface area (Å²) in [5.41, 5.74) is 0.0953. The summed E-state index contributed by atoms with van der Waals surface area (Å²) >= 11 is 0. The van der Waals surface area contributed by atoms with Crippen molar-refractivity contribution in [3.8, 4) is 6.07 Å². The largest absolute Gasteiger partial charge is 0.363 e. The summed E-state index contributed by atoms with van der Waals surface area (Å²) in [7, 11) is -0.135. The molecule has 2 rings (SSSR count). The zero-order valence-corrected chi connectivity index (χ0v) is 13.0. The molecule has 22 heavy (non-hydrogen) atoms. The minimum Gasteiger partial charge on any atom is -0.363 e. The Labute approximate surface area is 129 Å². The topological polar surface area (TPSA) is 99.0 Å². The first kappa shape index (κ1) is 15.9. The van der Waals surface area contributed by atoms with E-state index in [9.17, 15) is 8.42 Å². The maximum atomic E-state index is 12.3. The molecule has 1 N–H and O–H groups in total. The summed E-state index contributed by atoms with van der Waals surface area (Å²) in [5.74, 6) is 1.03. The van der Waals surface area contributed by atoms with Crippen LogP contribution >= 0.6 is 0 Å². The number of aromatic nitrogens is 2. The van der Waals surface area contributed by atoms with Crippen molar-refractivity contribution in [2.45, 2.75) is 11.4 Å². The summed E-state index contributed by atoms with van der Waals surface area (Å²) in [5, 5.41) is 8.99. The Morgan fingerprint density at radius 1 is 1.27 bits per heavy atom. The van der Waals surface area contributed by atoms with Crippen molar-refractivity contribution in [3.05, 3.63) is 47.9 Å². The summed E-state index contributed by atoms with van der Waals surface area (Å²) in [6, 6.07) is 9.62. The van der Waals surface area contributed by atoms with Gasteiger partial charge in [0, 0.05) is 20.3 Å². The van der Waals surface area contributed by atoms with Crippen LogP contribution in [0.25, 0.3) is 0 Å². The lowest BCUT2D eigenvalue weighted by molar-refractivity contribution is 0.579. The SMILES string of the molecule is CN(C)c1ccnc(CNS(=O)(=O)c2ccccc2C#N)n1. The van der Waals surface area contributed by atoms with Gasteiger partial charge >= 0.3 is 0 Å². The molecule has 0 aliphatic heterocycles. The van der Waals surface area contributed by atoms with Crippen molar-refractivity contribution in [1.82, 2.24) is 14.7 Å². The Hall–Kier alpha value is -2.50. The number of hydrogen-bond donors (Lipinski definition) is 1. The minimum atomic E-state index is -3.80. The fourth-order valence-corrected chi connectivity index (χ4v) is 2.89. The van der Waals surface area contributed by atoms with Crippen molar-refractivity contribution >= 4 is 15.8 Å². The molecule has 0 atom stereocenters. The maximum Gasteiger partial charge on any atom is 0.242 e. The average molecular weight is 317 g/mol. The monoisotopic (exact) mass is 317 g/mol. The van der Waals surface area contributed by atoms with Crippen LogP contribution < -0.4 is 9.62 Å². The molecule has 0 saturated carbocycles. The molecule has 1 heterocycles. The van der Waals surface area contributed by atoms with Gasteiger partial charge in [0.1, 0.15) is 17.7 Å². The van der Waals surface area contributed by atoms with Gasteiger partial charge in [-0.2, -0.15) is 5.26 Å². The molecule has 0 amide bonds. The predicted octanol–water partition coefficient (Wildman–Crippen LogP) is 0.893. The summed E-state index contributed by atoms with van der Waals surface area (Å²) in [6.45, 7) is -0.0518. The molecule has 0 aliphatic carbocycles. The molecule has 0 unspecified atom stereocenters. The third kappa shape index (κ3) is 3.58. The van der Waals surface area contributed by atoms with Crippen LogP contribution in [0.2, 0.25) is 0 Å². The highest BCUT2D eigenvalue weighted by atomic mass is 32.2. The van der Waals surface area contributed by atoms with Crippen molar-refractivity contribution in [1.29, 1.82) is 5.26 Å².